The molecule has 1 aliphatic rings. The van der Waals surface area contributed by atoms with Gasteiger partial charge in [-0.1, -0.05) is 28.9 Å². The van der Waals surface area contributed by atoms with Crippen LogP contribution in [0.15, 0.2) is 27.5 Å². The number of carbonyl (C=O) groups excluding carboxylic acids is 2. The summed E-state index contributed by atoms with van der Waals surface area (Å²) in [6, 6.07) is 5.29. The maximum Gasteiger partial charge on any atom is 0.438 e. The number of aromatic amines is 1. The second kappa shape index (κ2) is 15.2. The number of benzene rings is 1. The van der Waals surface area contributed by atoms with Gasteiger partial charge in [0.1, 0.15) is 17.0 Å². The van der Waals surface area contributed by atoms with E-state index < -0.39 is 11.4 Å². The fourth-order valence-electron chi connectivity index (χ4n) is 5.81. The van der Waals surface area contributed by atoms with Gasteiger partial charge in [0, 0.05) is 51.2 Å². The van der Waals surface area contributed by atoms with Crippen molar-refractivity contribution in [1.29, 1.82) is 0 Å². The summed E-state index contributed by atoms with van der Waals surface area (Å²) in [6.07, 6.45) is 3.79. The third kappa shape index (κ3) is 8.61. The Balaban J connectivity index is 1.65. The van der Waals surface area contributed by atoms with Crippen LogP contribution in [-0.4, -0.2) is 87.6 Å². The first-order valence-corrected chi connectivity index (χ1v) is 16.1. The highest BCUT2D eigenvalue weighted by atomic mass is 35.5. The van der Waals surface area contributed by atoms with Gasteiger partial charge in [0.15, 0.2) is 5.82 Å². The van der Waals surface area contributed by atoms with E-state index in [4.69, 9.17) is 25.8 Å². The number of ether oxygens (including phenoxy) is 3. The molecule has 0 saturated carbocycles. The lowest BCUT2D eigenvalue weighted by atomic mass is 10.0. The van der Waals surface area contributed by atoms with E-state index in [2.05, 4.69) is 14.7 Å². The number of carbonyl (C=O) groups is 2. The molecule has 1 N–H and O–H groups in total. The standard InChI is InChI=1S/C32H46ClN5O7/c1-21(2)38(22-12-10-16-36(20-22)31(41)44-32(3,4)5)29(39)28-26(33)23-13-9-14-24(27(23)37(28)17-7-8-18-42-6)43-19-11-15-25-34-30(40)45-35-25/h9,13-14,21-22H,7-8,10-12,15-20H2,1-6H3,(H,34,35,40)/t22-/m1/s1. The molecule has 1 aromatic carbocycles. The van der Waals surface area contributed by atoms with E-state index in [1.165, 1.54) is 0 Å². The maximum atomic E-state index is 14.6. The minimum absolute atomic E-state index is 0.143. The topological polar surface area (TPSA) is 132 Å². The number of amides is 2. The van der Waals surface area contributed by atoms with Gasteiger partial charge in [0.2, 0.25) is 0 Å². The van der Waals surface area contributed by atoms with Crippen LogP contribution < -0.4 is 10.5 Å². The average molecular weight is 648 g/mol. The normalized spacial score (nSPS) is 15.6. The number of methoxy groups -OCH3 is 1. The van der Waals surface area contributed by atoms with Crippen molar-refractivity contribution < 1.29 is 28.3 Å². The number of hydrogen-bond donors (Lipinski definition) is 1. The molecule has 0 radical (unpaired) electrons. The number of aromatic nitrogens is 3. The number of para-hydroxylation sites is 1. The van der Waals surface area contributed by atoms with Crippen LogP contribution in [0, 0.1) is 0 Å². The number of piperidine rings is 1. The number of hydrogen-bond acceptors (Lipinski definition) is 8. The lowest BCUT2D eigenvalue weighted by Crippen LogP contribution is -2.54. The van der Waals surface area contributed by atoms with Crippen molar-refractivity contribution in [1.82, 2.24) is 24.5 Å². The molecule has 0 bridgehead atoms. The number of rotatable bonds is 13. The van der Waals surface area contributed by atoms with Crippen LogP contribution in [0.25, 0.3) is 10.9 Å². The van der Waals surface area contributed by atoms with Gasteiger partial charge in [-0.3, -0.25) is 14.3 Å². The number of halogens is 1. The molecule has 0 spiro atoms. The van der Waals surface area contributed by atoms with E-state index >= 15 is 0 Å². The zero-order valence-electron chi connectivity index (χ0n) is 27.2. The molecule has 248 valence electrons. The first-order valence-electron chi connectivity index (χ1n) is 15.7. The monoisotopic (exact) mass is 647 g/mol. The zero-order valence-corrected chi connectivity index (χ0v) is 27.9. The fourth-order valence-corrected chi connectivity index (χ4v) is 6.15. The molecule has 1 aliphatic heterocycles. The van der Waals surface area contributed by atoms with Gasteiger partial charge in [0.25, 0.3) is 5.91 Å². The number of unbranched alkanes of at least 4 members (excludes halogenated alkanes) is 1. The maximum absolute atomic E-state index is 14.6. The predicted molar refractivity (Wildman–Crippen MR) is 171 cm³/mol. The lowest BCUT2D eigenvalue weighted by molar-refractivity contribution is 0.00733. The highest BCUT2D eigenvalue weighted by molar-refractivity contribution is 6.39. The van der Waals surface area contributed by atoms with E-state index in [-0.39, 0.29) is 24.1 Å². The van der Waals surface area contributed by atoms with E-state index in [1.54, 1.807) is 12.0 Å². The van der Waals surface area contributed by atoms with Gasteiger partial charge in [-0.15, -0.1) is 0 Å². The van der Waals surface area contributed by atoms with Gasteiger partial charge in [0.05, 0.1) is 23.2 Å². The summed E-state index contributed by atoms with van der Waals surface area (Å²) in [4.78, 5) is 44.9. The Morgan fingerprint density at radius 2 is 1.98 bits per heavy atom. The van der Waals surface area contributed by atoms with Crippen LogP contribution in [-0.2, 0) is 22.4 Å². The number of likely N-dealkylation sites (tertiary alicyclic amines) is 1. The molecule has 2 amide bonds. The molecule has 0 unspecified atom stereocenters. The molecule has 45 heavy (non-hydrogen) atoms. The van der Waals surface area contributed by atoms with Crippen molar-refractivity contribution in [2.24, 2.45) is 0 Å². The van der Waals surface area contributed by atoms with Gasteiger partial charge < -0.3 is 28.6 Å². The number of fused-ring (bicyclic) bond motifs is 1. The van der Waals surface area contributed by atoms with Crippen LogP contribution in [0.2, 0.25) is 5.02 Å². The van der Waals surface area contributed by atoms with E-state index in [0.29, 0.717) is 68.0 Å². The minimum atomic E-state index is -0.607. The Bertz CT molecular complexity index is 1510. The summed E-state index contributed by atoms with van der Waals surface area (Å²) in [5, 5.41) is 4.81. The van der Waals surface area contributed by atoms with Gasteiger partial charge in [-0.05, 0) is 72.8 Å². The first-order chi connectivity index (χ1) is 21.4. The molecule has 3 heterocycles. The third-order valence-corrected chi connectivity index (χ3v) is 8.08. The lowest BCUT2D eigenvalue weighted by Gasteiger charge is -2.41. The van der Waals surface area contributed by atoms with Crippen molar-refractivity contribution >= 4 is 34.5 Å². The van der Waals surface area contributed by atoms with Crippen molar-refractivity contribution in [2.45, 2.75) is 97.4 Å². The fraction of sp³-hybridized carbons (Fsp3) is 0.625. The smallest absolute Gasteiger partial charge is 0.438 e. The van der Waals surface area contributed by atoms with Crippen LogP contribution in [0.5, 0.6) is 5.75 Å². The Hall–Kier alpha value is -3.51. The summed E-state index contributed by atoms with van der Waals surface area (Å²) < 4.78 is 23.7. The highest BCUT2D eigenvalue weighted by Crippen LogP contribution is 2.38. The van der Waals surface area contributed by atoms with E-state index in [0.717, 1.165) is 36.6 Å². The van der Waals surface area contributed by atoms with Crippen LogP contribution >= 0.6 is 11.6 Å². The predicted octanol–water partition coefficient (Wildman–Crippen LogP) is 5.66. The Morgan fingerprint density at radius 1 is 1.20 bits per heavy atom. The third-order valence-electron chi connectivity index (χ3n) is 7.70. The van der Waals surface area contributed by atoms with Crippen molar-refractivity contribution in [3.63, 3.8) is 0 Å². The molecule has 1 fully saturated rings. The summed E-state index contributed by atoms with van der Waals surface area (Å²) >= 11 is 7.07. The van der Waals surface area contributed by atoms with Crippen molar-refractivity contribution in [3.05, 3.63) is 45.3 Å². The Labute approximate surface area is 268 Å². The molecule has 13 heteroatoms. The minimum Gasteiger partial charge on any atom is -0.491 e. The second-order valence-electron chi connectivity index (χ2n) is 12.7. The Kier molecular flexibility index (Phi) is 11.6. The molecule has 12 nitrogen and oxygen atoms in total. The summed E-state index contributed by atoms with van der Waals surface area (Å²) in [5.41, 5.74) is 0.549. The van der Waals surface area contributed by atoms with E-state index in [9.17, 15) is 14.4 Å². The van der Waals surface area contributed by atoms with Crippen molar-refractivity contribution in [3.8, 4) is 5.75 Å². The number of nitrogens with zero attached hydrogens (tertiary/aromatic N) is 4. The highest BCUT2D eigenvalue weighted by Gasteiger charge is 2.37. The zero-order chi connectivity index (χ0) is 32.7. The largest absolute Gasteiger partial charge is 0.491 e. The first kappa shape index (κ1) is 34.4. The summed E-state index contributed by atoms with van der Waals surface area (Å²) in [7, 11) is 1.67. The quantitative estimate of drug-likeness (QED) is 0.235. The molecule has 0 aliphatic carbocycles. The SMILES string of the molecule is COCCCCn1c(C(=O)N(C(C)C)[C@@H]2CCCN(C(=O)OC(C)(C)C)C2)c(Cl)c2cccc(OCCCc3noc(=O)[nH]3)c21. The molecular formula is C32H46ClN5O7. The number of H-pyrrole nitrogens is 1. The van der Waals surface area contributed by atoms with Gasteiger partial charge >= 0.3 is 11.8 Å². The Morgan fingerprint density at radius 3 is 2.64 bits per heavy atom. The average Bonchev–Trinajstić information content (AvgIpc) is 3.52. The van der Waals surface area contributed by atoms with Crippen LogP contribution in [0.3, 0.4) is 0 Å². The van der Waals surface area contributed by atoms with Crippen LogP contribution in [0.4, 0.5) is 4.79 Å². The molecule has 4 rings (SSSR count). The molecule has 1 saturated heterocycles. The summed E-state index contributed by atoms with van der Waals surface area (Å²) in [5.74, 6) is 0.296. The second-order valence-corrected chi connectivity index (χ2v) is 13.1. The van der Waals surface area contributed by atoms with Gasteiger partial charge in [-0.2, -0.15) is 0 Å². The molecule has 2 aromatic heterocycles. The molecule has 1 atom stereocenters. The van der Waals surface area contributed by atoms with Crippen LogP contribution in [0.1, 0.15) is 83.0 Å². The van der Waals surface area contributed by atoms with E-state index in [1.807, 2.05) is 62.3 Å². The summed E-state index contributed by atoms with van der Waals surface area (Å²) in [6.45, 7) is 12.0. The van der Waals surface area contributed by atoms with Gasteiger partial charge in [-0.25, -0.2) is 9.59 Å². The van der Waals surface area contributed by atoms with Crippen molar-refractivity contribution in [2.75, 3.05) is 33.4 Å². The molecule has 3 aromatic rings. The molecular weight excluding hydrogens is 602 g/mol. The number of nitrogens with one attached hydrogen (secondary N) is 1. The number of aryl methyl sites for hydroxylation is 2.